The van der Waals surface area contributed by atoms with Crippen molar-refractivity contribution in [3.63, 3.8) is 0 Å². The molecule has 0 bridgehead atoms. The summed E-state index contributed by atoms with van der Waals surface area (Å²) in [5.74, 6) is 0.558. The molecule has 3 nitrogen and oxygen atoms in total. The predicted octanol–water partition coefficient (Wildman–Crippen LogP) is 3.06. The maximum Gasteiger partial charge on any atom is 0.227 e. The molecule has 0 saturated carbocycles. The number of oxazole rings is 1. The minimum atomic E-state index is 0.376. The van der Waals surface area contributed by atoms with Gasteiger partial charge in [0.2, 0.25) is 5.89 Å². The highest BCUT2D eigenvalue weighted by molar-refractivity contribution is 14.1. The van der Waals surface area contributed by atoms with Gasteiger partial charge < -0.3 is 10.2 Å². The highest BCUT2D eigenvalue weighted by Gasteiger charge is 2.09. The summed E-state index contributed by atoms with van der Waals surface area (Å²) in [5, 5.41) is 0.665. The lowest BCUT2D eigenvalue weighted by Gasteiger charge is -1.99. The Morgan fingerprint density at radius 3 is 2.93 bits per heavy atom. The van der Waals surface area contributed by atoms with Crippen LogP contribution in [-0.2, 0) is 6.54 Å². The maximum atomic E-state index is 5.91. The molecule has 78 valence electrons. The molecule has 0 fully saturated rings. The smallest absolute Gasteiger partial charge is 0.227 e. The first-order valence-corrected chi connectivity index (χ1v) is 5.76. The van der Waals surface area contributed by atoms with E-state index in [2.05, 4.69) is 27.6 Å². The Morgan fingerprint density at radius 1 is 1.47 bits per heavy atom. The van der Waals surface area contributed by atoms with E-state index in [1.165, 1.54) is 0 Å². The highest BCUT2D eigenvalue weighted by atomic mass is 127. The normalized spacial score (nSPS) is 10.6. The van der Waals surface area contributed by atoms with Crippen LogP contribution in [0.5, 0.6) is 0 Å². The molecule has 0 aliphatic heterocycles. The zero-order valence-electron chi connectivity index (χ0n) is 7.71. The van der Waals surface area contributed by atoms with Gasteiger partial charge >= 0.3 is 0 Å². The van der Waals surface area contributed by atoms with Gasteiger partial charge in [-0.2, -0.15) is 0 Å². The molecule has 5 heteroatoms. The molecular weight excluding hydrogens is 326 g/mol. The molecule has 0 aliphatic rings. The van der Waals surface area contributed by atoms with E-state index in [0.29, 0.717) is 17.5 Å². The van der Waals surface area contributed by atoms with Gasteiger partial charge in [0.1, 0.15) is 6.26 Å². The molecule has 1 aromatic heterocycles. The van der Waals surface area contributed by atoms with Gasteiger partial charge in [0.25, 0.3) is 0 Å². The molecule has 0 spiro atoms. The molecule has 0 aliphatic carbocycles. The number of aromatic nitrogens is 1. The zero-order valence-corrected chi connectivity index (χ0v) is 10.6. The number of benzene rings is 1. The van der Waals surface area contributed by atoms with Crippen molar-refractivity contribution in [3.8, 4) is 11.5 Å². The minimum absolute atomic E-state index is 0.376. The van der Waals surface area contributed by atoms with E-state index < -0.39 is 0 Å². The Hall–Kier alpha value is -0.590. The largest absolute Gasteiger partial charge is 0.444 e. The fourth-order valence-electron chi connectivity index (χ4n) is 1.19. The summed E-state index contributed by atoms with van der Waals surface area (Å²) in [6.07, 6.45) is 1.56. The van der Waals surface area contributed by atoms with Crippen molar-refractivity contribution in [2.75, 3.05) is 0 Å². The van der Waals surface area contributed by atoms with Crippen LogP contribution in [0.4, 0.5) is 0 Å². The van der Waals surface area contributed by atoms with Crippen LogP contribution in [0.2, 0.25) is 5.02 Å². The Morgan fingerprint density at radius 2 is 2.27 bits per heavy atom. The van der Waals surface area contributed by atoms with E-state index in [9.17, 15) is 0 Å². The standard InChI is InChI=1S/C10H8ClIN2O/c11-6-1-2-9(12)8(3-6)10-14-7(4-13)5-15-10/h1-3,5H,4,13H2. The fourth-order valence-corrected chi connectivity index (χ4v) is 1.92. The van der Waals surface area contributed by atoms with E-state index >= 15 is 0 Å². The minimum Gasteiger partial charge on any atom is -0.444 e. The van der Waals surface area contributed by atoms with Crippen molar-refractivity contribution in [1.82, 2.24) is 4.98 Å². The van der Waals surface area contributed by atoms with Crippen molar-refractivity contribution >= 4 is 34.2 Å². The van der Waals surface area contributed by atoms with Crippen LogP contribution in [0.1, 0.15) is 5.69 Å². The van der Waals surface area contributed by atoms with Crippen LogP contribution < -0.4 is 5.73 Å². The second kappa shape index (κ2) is 4.51. The van der Waals surface area contributed by atoms with Gasteiger partial charge in [-0.3, -0.25) is 0 Å². The molecule has 0 radical (unpaired) electrons. The maximum absolute atomic E-state index is 5.91. The van der Waals surface area contributed by atoms with Crippen LogP contribution in [0.15, 0.2) is 28.9 Å². The average molecular weight is 335 g/mol. The van der Waals surface area contributed by atoms with Gasteiger partial charge in [0.05, 0.1) is 11.3 Å². The Labute approximate surface area is 106 Å². The number of hydrogen-bond acceptors (Lipinski definition) is 3. The molecule has 0 saturated heterocycles. The lowest BCUT2D eigenvalue weighted by molar-refractivity contribution is 0.572. The van der Waals surface area contributed by atoms with Gasteiger partial charge in [-0.05, 0) is 40.8 Å². The summed E-state index contributed by atoms with van der Waals surface area (Å²) in [5.41, 5.74) is 7.09. The predicted molar refractivity (Wildman–Crippen MR) is 67.6 cm³/mol. The fraction of sp³-hybridized carbons (Fsp3) is 0.100. The lowest BCUT2D eigenvalue weighted by atomic mass is 10.2. The van der Waals surface area contributed by atoms with E-state index in [0.717, 1.165) is 14.8 Å². The molecule has 0 amide bonds. The third-order valence-electron chi connectivity index (χ3n) is 1.92. The van der Waals surface area contributed by atoms with Gasteiger partial charge in [0, 0.05) is 15.1 Å². The molecule has 0 atom stereocenters. The second-order valence-electron chi connectivity index (χ2n) is 2.97. The van der Waals surface area contributed by atoms with Crippen molar-refractivity contribution < 1.29 is 4.42 Å². The van der Waals surface area contributed by atoms with Gasteiger partial charge in [0.15, 0.2) is 0 Å². The van der Waals surface area contributed by atoms with Gasteiger partial charge in [-0.25, -0.2) is 4.98 Å². The molecule has 15 heavy (non-hydrogen) atoms. The van der Waals surface area contributed by atoms with Crippen LogP contribution in [-0.4, -0.2) is 4.98 Å². The average Bonchev–Trinajstić information content (AvgIpc) is 2.70. The number of nitrogens with two attached hydrogens (primary N) is 1. The summed E-state index contributed by atoms with van der Waals surface area (Å²) in [6.45, 7) is 0.376. The first-order chi connectivity index (χ1) is 7.20. The van der Waals surface area contributed by atoms with E-state index in [1.54, 1.807) is 6.26 Å². The Balaban J connectivity index is 2.48. The van der Waals surface area contributed by atoms with E-state index in [1.807, 2.05) is 18.2 Å². The third-order valence-corrected chi connectivity index (χ3v) is 3.10. The summed E-state index contributed by atoms with van der Waals surface area (Å²) in [6, 6.07) is 5.58. The molecule has 1 aromatic carbocycles. The Bertz CT molecular complexity index is 484. The van der Waals surface area contributed by atoms with E-state index in [4.69, 9.17) is 21.8 Å². The summed E-state index contributed by atoms with van der Waals surface area (Å²) in [4.78, 5) is 4.25. The molecular formula is C10H8ClIN2O. The summed E-state index contributed by atoms with van der Waals surface area (Å²) >= 11 is 8.12. The molecule has 2 aromatic rings. The monoisotopic (exact) mass is 334 g/mol. The van der Waals surface area contributed by atoms with Crippen molar-refractivity contribution in [1.29, 1.82) is 0 Å². The van der Waals surface area contributed by atoms with E-state index in [-0.39, 0.29) is 0 Å². The van der Waals surface area contributed by atoms with Gasteiger partial charge in [-0.1, -0.05) is 11.6 Å². The summed E-state index contributed by atoms with van der Waals surface area (Å²) in [7, 11) is 0. The quantitative estimate of drug-likeness (QED) is 0.859. The molecule has 2 rings (SSSR count). The number of halogens is 2. The molecule has 1 heterocycles. The van der Waals surface area contributed by atoms with Crippen LogP contribution in [0, 0.1) is 3.57 Å². The zero-order chi connectivity index (χ0) is 10.8. The molecule has 0 unspecified atom stereocenters. The topological polar surface area (TPSA) is 52.0 Å². The Kier molecular flexibility index (Phi) is 3.28. The number of hydrogen-bond donors (Lipinski definition) is 1. The summed E-state index contributed by atoms with van der Waals surface area (Å²) < 4.78 is 6.37. The third kappa shape index (κ3) is 2.32. The lowest BCUT2D eigenvalue weighted by Crippen LogP contribution is -1.95. The number of rotatable bonds is 2. The SMILES string of the molecule is NCc1coc(-c2cc(Cl)ccc2I)n1. The van der Waals surface area contributed by atoms with Crippen LogP contribution in [0.25, 0.3) is 11.5 Å². The number of nitrogens with zero attached hydrogens (tertiary/aromatic N) is 1. The second-order valence-corrected chi connectivity index (χ2v) is 4.57. The first kappa shape index (κ1) is 10.9. The van der Waals surface area contributed by atoms with Gasteiger partial charge in [-0.15, -0.1) is 0 Å². The van der Waals surface area contributed by atoms with Crippen molar-refractivity contribution in [3.05, 3.63) is 38.7 Å². The molecule has 2 N–H and O–H groups in total. The van der Waals surface area contributed by atoms with Crippen molar-refractivity contribution in [2.24, 2.45) is 5.73 Å². The van der Waals surface area contributed by atoms with Crippen molar-refractivity contribution in [2.45, 2.75) is 6.54 Å². The highest BCUT2D eigenvalue weighted by Crippen LogP contribution is 2.27. The first-order valence-electron chi connectivity index (χ1n) is 4.30. The van der Waals surface area contributed by atoms with Crippen LogP contribution in [0.3, 0.4) is 0 Å². The van der Waals surface area contributed by atoms with Crippen LogP contribution >= 0.6 is 34.2 Å².